The number of carbonyl (C=O) groups is 2. The van der Waals surface area contributed by atoms with Crippen molar-refractivity contribution in [3.63, 3.8) is 0 Å². The van der Waals surface area contributed by atoms with Crippen molar-refractivity contribution in [1.29, 1.82) is 0 Å². The predicted molar refractivity (Wildman–Crippen MR) is 106 cm³/mol. The van der Waals surface area contributed by atoms with Crippen molar-refractivity contribution < 1.29 is 14.3 Å². The highest BCUT2D eigenvalue weighted by molar-refractivity contribution is 7.99. The van der Waals surface area contributed by atoms with Gasteiger partial charge in [0.25, 0.3) is 0 Å². The molecule has 2 amide bonds. The van der Waals surface area contributed by atoms with Gasteiger partial charge in [-0.05, 0) is 48.8 Å². The topological polar surface area (TPSA) is 67.4 Å². The molecule has 1 saturated carbocycles. The summed E-state index contributed by atoms with van der Waals surface area (Å²) in [6.45, 7) is 0.663. The van der Waals surface area contributed by atoms with E-state index in [1.165, 1.54) is 32.1 Å². The number of anilines is 1. The third-order valence-corrected chi connectivity index (χ3v) is 6.61. The molecule has 6 heteroatoms. The Hall–Kier alpha value is -1.69. The monoisotopic (exact) mass is 376 g/mol. The third-order valence-electron chi connectivity index (χ3n) is 5.14. The molecule has 5 nitrogen and oxygen atoms in total. The zero-order valence-electron chi connectivity index (χ0n) is 15.4. The molecule has 1 heterocycles. The minimum absolute atomic E-state index is 0.0722. The quantitative estimate of drug-likeness (QED) is 0.712. The molecule has 2 aliphatic rings. The smallest absolute Gasteiger partial charge is 0.228 e. The summed E-state index contributed by atoms with van der Waals surface area (Å²) >= 11 is 2.05. The van der Waals surface area contributed by atoms with E-state index in [-0.39, 0.29) is 18.2 Å². The molecule has 1 aliphatic carbocycles. The van der Waals surface area contributed by atoms with E-state index in [1.54, 1.807) is 19.2 Å². The molecule has 0 radical (unpaired) electrons. The van der Waals surface area contributed by atoms with Crippen LogP contribution in [0.15, 0.2) is 18.2 Å². The Labute approximate surface area is 159 Å². The number of thioether (sulfide) groups is 1. The summed E-state index contributed by atoms with van der Waals surface area (Å²) in [5.41, 5.74) is 1.54. The fourth-order valence-corrected chi connectivity index (χ4v) is 5.00. The van der Waals surface area contributed by atoms with Gasteiger partial charge in [-0.25, -0.2) is 0 Å². The maximum atomic E-state index is 12.6. The standard InChI is InChI=1S/C20H28N2O3S/c1-25-14-8-9-18-16(12-14)17(13-19(23)22-18)20(24)21-10-5-11-26-15-6-3-2-4-7-15/h8-9,12,15,17H,2-7,10-11,13H2,1H3,(H,21,24)(H,22,23). The summed E-state index contributed by atoms with van der Waals surface area (Å²) in [6.07, 6.45) is 7.94. The van der Waals surface area contributed by atoms with Gasteiger partial charge in [0.05, 0.1) is 13.0 Å². The van der Waals surface area contributed by atoms with Crippen LogP contribution in [0.3, 0.4) is 0 Å². The van der Waals surface area contributed by atoms with Gasteiger partial charge in [-0.15, -0.1) is 0 Å². The fraction of sp³-hybridized carbons (Fsp3) is 0.600. The van der Waals surface area contributed by atoms with Gasteiger partial charge in [0, 0.05) is 23.9 Å². The van der Waals surface area contributed by atoms with Crippen LogP contribution in [-0.4, -0.2) is 36.5 Å². The molecule has 1 unspecified atom stereocenters. The lowest BCUT2D eigenvalue weighted by Crippen LogP contribution is -2.35. The minimum atomic E-state index is -0.445. The molecule has 3 rings (SSSR count). The van der Waals surface area contributed by atoms with Crippen LogP contribution in [0, 0.1) is 0 Å². The third kappa shape index (κ3) is 4.93. The Morgan fingerprint density at radius 3 is 2.88 bits per heavy atom. The molecule has 26 heavy (non-hydrogen) atoms. The van der Waals surface area contributed by atoms with E-state index in [1.807, 2.05) is 17.8 Å². The van der Waals surface area contributed by atoms with E-state index in [2.05, 4.69) is 10.6 Å². The van der Waals surface area contributed by atoms with Crippen LogP contribution in [0.25, 0.3) is 0 Å². The average Bonchev–Trinajstić information content (AvgIpc) is 2.67. The van der Waals surface area contributed by atoms with E-state index in [4.69, 9.17) is 4.74 Å². The van der Waals surface area contributed by atoms with Crippen LogP contribution in [0.2, 0.25) is 0 Å². The van der Waals surface area contributed by atoms with Gasteiger partial charge >= 0.3 is 0 Å². The number of ether oxygens (including phenoxy) is 1. The van der Waals surface area contributed by atoms with Crippen LogP contribution in [0.5, 0.6) is 5.75 Å². The largest absolute Gasteiger partial charge is 0.497 e. The first kappa shape index (κ1) is 19.1. The Morgan fingerprint density at radius 2 is 2.12 bits per heavy atom. The number of nitrogens with one attached hydrogen (secondary N) is 2. The minimum Gasteiger partial charge on any atom is -0.497 e. The van der Waals surface area contributed by atoms with Crippen molar-refractivity contribution >= 4 is 29.3 Å². The van der Waals surface area contributed by atoms with Crippen LogP contribution in [0.1, 0.15) is 56.4 Å². The molecule has 1 aromatic carbocycles. The number of benzene rings is 1. The van der Waals surface area contributed by atoms with Gasteiger partial charge < -0.3 is 15.4 Å². The van der Waals surface area contributed by atoms with E-state index in [0.717, 1.165) is 23.0 Å². The Kier molecular flexibility index (Phi) is 6.83. The van der Waals surface area contributed by atoms with Crippen molar-refractivity contribution in [1.82, 2.24) is 5.32 Å². The lowest BCUT2D eigenvalue weighted by Gasteiger charge is -2.25. The molecule has 0 spiro atoms. The summed E-state index contributed by atoms with van der Waals surface area (Å²) in [5, 5.41) is 6.65. The Balaban J connectivity index is 1.49. The van der Waals surface area contributed by atoms with Crippen LogP contribution in [-0.2, 0) is 9.59 Å². The van der Waals surface area contributed by atoms with E-state index >= 15 is 0 Å². The van der Waals surface area contributed by atoms with Crippen molar-refractivity contribution in [2.45, 2.75) is 56.1 Å². The number of carbonyl (C=O) groups excluding carboxylic acids is 2. The van der Waals surface area contributed by atoms with Gasteiger partial charge in [0.1, 0.15) is 5.75 Å². The zero-order valence-corrected chi connectivity index (χ0v) is 16.2. The highest BCUT2D eigenvalue weighted by Gasteiger charge is 2.30. The van der Waals surface area contributed by atoms with Crippen molar-refractivity contribution in [2.24, 2.45) is 0 Å². The van der Waals surface area contributed by atoms with Gasteiger partial charge in [0.15, 0.2) is 0 Å². The first-order valence-electron chi connectivity index (χ1n) is 9.54. The molecular formula is C20H28N2O3S. The van der Waals surface area contributed by atoms with Crippen molar-refractivity contribution in [2.75, 3.05) is 24.7 Å². The summed E-state index contributed by atoms with van der Waals surface area (Å²) in [7, 11) is 1.60. The number of rotatable bonds is 7. The molecule has 1 fully saturated rings. The summed E-state index contributed by atoms with van der Waals surface area (Å²) in [6, 6.07) is 5.44. The molecule has 0 saturated heterocycles. The normalized spacial score (nSPS) is 20.2. The number of hydrogen-bond donors (Lipinski definition) is 2. The lowest BCUT2D eigenvalue weighted by molar-refractivity contribution is -0.126. The number of amides is 2. The van der Waals surface area contributed by atoms with Crippen LogP contribution >= 0.6 is 11.8 Å². The van der Waals surface area contributed by atoms with Crippen LogP contribution < -0.4 is 15.4 Å². The molecule has 1 atom stereocenters. The molecule has 2 N–H and O–H groups in total. The number of fused-ring (bicyclic) bond motifs is 1. The summed E-state index contributed by atoms with van der Waals surface area (Å²) in [5.74, 6) is 1.15. The molecule has 0 aromatic heterocycles. The zero-order chi connectivity index (χ0) is 18.4. The Morgan fingerprint density at radius 1 is 1.31 bits per heavy atom. The second kappa shape index (κ2) is 9.31. The number of methoxy groups -OCH3 is 1. The van der Waals surface area contributed by atoms with E-state index < -0.39 is 5.92 Å². The number of hydrogen-bond acceptors (Lipinski definition) is 4. The summed E-state index contributed by atoms with van der Waals surface area (Å²) in [4.78, 5) is 24.6. The van der Waals surface area contributed by atoms with Gasteiger partial charge in [-0.1, -0.05) is 19.3 Å². The maximum absolute atomic E-state index is 12.6. The Bertz CT molecular complexity index is 644. The maximum Gasteiger partial charge on any atom is 0.228 e. The molecule has 1 aromatic rings. The summed E-state index contributed by atoms with van der Waals surface area (Å²) < 4.78 is 5.26. The second-order valence-corrected chi connectivity index (χ2v) is 8.44. The molecular weight excluding hydrogens is 348 g/mol. The molecule has 0 bridgehead atoms. The van der Waals surface area contributed by atoms with Crippen LogP contribution in [0.4, 0.5) is 5.69 Å². The van der Waals surface area contributed by atoms with Gasteiger partial charge in [0.2, 0.25) is 11.8 Å². The highest BCUT2D eigenvalue weighted by atomic mass is 32.2. The average molecular weight is 377 g/mol. The second-order valence-electron chi connectivity index (χ2n) is 7.03. The van der Waals surface area contributed by atoms with Gasteiger partial charge in [-0.2, -0.15) is 11.8 Å². The molecule has 1 aliphatic heterocycles. The fourth-order valence-electron chi connectivity index (χ4n) is 3.69. The molecule has 142 valence electrons. The van der Waals surface area contributed by atoms with Gasteiger partial charge in [-0.3, -0.25) is 9.59 Å². The first-order chi connectivity index (χ1) is 12.7. The van der Waals surface area contributed by atoms with Crippen molar-refractivity contribution in [3.8, 4) is 5.75 Å². The van der Waals surface area contributed by atoms with Crippen molar-refractivity contribution in [3.05, 3.63) is 23.8 Å². The SMILES string of the molecule is COc1ccc2c(c1)C(C(=O)NCCCSC1CCCCC1)CC(=O)N2. The van der Waals surface area contributed by atoms with E-state index in [0.29, 0.717) is 18.0 Å². The first-order valence-corrected chi connectivity index (χ1v) is 10.6. The lowest BCUT2D eigenvalue weighted by atomic mass is 9.89. The highest BCUT2D eigenvalue weighted by Crippen LogP contribution is 2.35. The predicted octanol–water partition coefficient (Wildman–Crippen LogP) is 3.69. The van der Waals surface area contributed by atoms with E-state index in [9.17, 15) is 9.59 Å².